The molecule has 9 heteroatoms. The summed E-state index contributed by atoms with van der Waals surface area (Å²) < 4.78 is 5.37. The highest BCUT2D eigenvalue weighted by Crippen LogP contribution is 2.35. The van der Waals surface area contributed by atoms with Gasteiger partial charge in [0.1, 0.15) is 11.8 Å². The number of ether oxygens (including phenoxy) is 1. The number of rotatable bonds is 7. The lowest BCUT2D eigenvalue weighted by Crippen LogP contribution is -2.51. The standard InChI is InChI=1S/C24H28ClN3O4S/c1-3-4-18(24(31)27-9-7-21-15(13-27)8-10-33-21)26-23(30)16-11-22(29)28(14-16)19-12-17(25)5-6-20(19)32-2/h5-6,8,10,12,16,18H,3-4,7,9,11,13-14H2,1-2H3,(H,26,30). The molecule has 33 heavy (non-hydrogen) atoms. The summed E-state index contributed by atoms with van der Waals surface area (Å²) in [4.78, 5) is 43.8. The molecular formula is C24H28ClN3O4S. The number of anilines is 1. The Labute approximate surface area is 202 Å². The second kappa shape index (κ2) is 10.1. The molecule has 3 heterocycles. The molecule has 1 fully saturated rings. The van der Waals surface area contributed by atoms with Crippen LogP contribution >= 0.6 is 22.9 Å². The zero-order valence-electron chi connectivity index (χ0n) is 18.8. The summed E-state index contributed by atoms with van der Waals surface area (Å²) >= 11 is 7.85. The van der Waals surface area contributed by atoms with Crippen LogP contribution in [-0.2, 0) is 27.3 Å². The van der Waals surface area contributed by atoms with Crippen LogP contribution in [0.1, 0.15) is 36.6 Å². The van der Waals surface area contributed by atoms with Crippen molar-refractivity contribution in [3.8, 4) is 5.75 Å². The van der Waals surface area contributed by atoms with Crippen LogP contribution in [0.4, 0.5) is 5.69 Å². The van der Waals surface area contributed by atoms with E-state index in [2.05, 4.69) is 16.8 Å². The van der Waals surface area contributed by atoms with Crippen LogP contribution in [0, 0.1) is 5.92 Å². The summed E-state index contributed by atoms with van der Waals surface area (Å²) in [6.07, 6.45) is 2.25. The van der Waals surface area contributed by atoms with Gasteiger partial charge in [0.05, 0.1) is 18.7 Å². The van der Waals surface area contributed by atoms with E-state index in [0.717, 1.165) is 12.8 Å². The van der Waals surface area contributed by atoms with E-state index in [1.807, 2.05) is 11.8 Å². The first-order valence-electron chi connectivity index (χ1n) is 11.2. The van der Waals surface area contributed by atoms with E-state index < -0.39 is 12.0 Å². The predicted octanol–water partition coefficient (Wildman–Crippen LogP) is 3.63. The lowest BCUT2D eigenvalue weighted by Gasteiger charge is -2.31. The lowest BCUT2D eigenvalue weighted by molar-refractivity contribution is -0.138. The molecule has 1 N–H and O–H groups in total. The Kier molecular flexibility index (Phi) is 7.24. The Morgan fingerprint density at radius 2 is 2.15 bits per heavy atom. The van der Waals surface area contributed by atoms with E-state index in [9.17, 15) is 14.4 Å². The van der Waals surface area contributed by atoms with Gasteiger partial charge in [-0.1, -0.05) is 24.9 Å². The van der Waals surface area contributed by atoms with Gasteiger partial charge in [-0.2, -0.15) is 0 Å². The fourth-order valence-electron chi connectivity index (χ4n) is 4.48. The molecule has 1 aromatic heterocycles. The average molecular weight is 490 g/mol. The predicted molar refractivity (Wildman–Crippen MR) is 129 cm³/mol. The Hall–Kier alpha value is -2.58. The summed E-state index contributed by atoms with van der Waals surface area (Å²) in [5, 5.41) is 5.48. The maximum Gasteiger partial charge on any atom is 0.245 e. The zero-order valence-corrected chi connectivity index (χ0v) is 20.4. The number of benzene rings is 1. The molecule has 2 aromatic rings. The normalized spacial score (nSPS) is 18.8. The van der Waals surface area contributed by atoms with Gasteiger partial charge < -0.3 is 19.9 Å². The number of amides is 3. The van der Waals surface area contributed by atoms with Crippen LogP contribution in [-0.4, -0.2) is 48.9 Å². The van der Waals surface area contributed by atoms with Gasteiger partial charge in [0, 0.05) is 36.0 Å². The average Bonchev–Trinajstić information content (AvgIpc) is 3.44. The first-order valence-corrected chi connectivity index (χ1v) is 12.4. The van der Waals surface area contributed by atoms with Gasteiger partial charge in [0.25, 0.3) is 0 Å². The monoisotopic (exact) mass is 489 g/mol. The third kappa shape index (κ3) is 5.01. The fraction of sp³-hybridized carbons (Fsp3) is 0.458. The maximum atomic E-state index is 13.2. The molecule has 1 saturated heterocycles. The number of nitrogens with zero attached hydrogens (tertiary/aromatic N) is 2. The van der Waals surface area contributed by atoms with Crippen LogP contribution in [0.25, 0.3) is 0 Å². The van der Waals surface area contributed by atoms with Crippen LogP contribution in [0.15, 0.2) is 29.6 Å². The molecule has 2 aliphatic rings. The number of carbonyl (C=O) groups is 3. The van der Waals surface area contributed by atoms with Crippen molar-refractivity contribution in [2.75, 3.05) is 25.1 Å². The molecule has 2 atom stereocenters. The minimum absolute atomic E-state index is 0.0558. The third-order valence-electron chi connectivity index (χ3n) is 6.24. The van der Waals surface area contributed by atoms with Gasteiger partial charge in [0.2, 0.25) is 17.7 Å². The SMILES string of the molecule is CCCC(NC(=O)C1CC(=O)N(c2cc(Cl)ccc2OC)C1)C(=O)N1CCc2sccc2C1. The lowest BCUT2D eigenvalue weighted by atomic mass is 10.0. The van der Waals surface area contributed by atoms with Crippen LogP contribution in [0.3, 0.4) is 0 Å². The summed E-state index contributed by atoms with van der Waals surface area (Å²) in [5.74, 6) is -0.523. The number of halogens is 1. The number of thiophene rings is 1. The topological polar surface area (TPSA) is 79.0 Å². The number of fused-ring (bicyclic) bond motifs is 1. The molecule has 4 rings (SSSR count). The van der Waals surface area contributed by atoms with Crippen LogP contribution in [0.5, 0.6) is 5.75 Å². The molecule has 7 nitrogen and oxygen atoms in total. The van der Waals surface area contributed by atoms with Crippen LogP contribution < -0.4 is 15.0 Å². The van der Waals surface area contributed by atoms with E-state index in [-0.39, 0.29) is 30.7 Å². The smallest absolute Gasteiger partial charge is 0.245 e. The largest absolute Gasteiger partial charge is 0.495 e. The van der Waals surface area contributed by atoms with E-state index >= 15 is 0 Å². The Morgan fingerprint density at radius 1 is 1.33 bits per heavy atom. The fourth-order valence-corrected chi connectivity index (χ4v) is 5.54. The molecule has 0 spiro atoms. The highest BCUT2D eigenvalue weighted by molar-refractivity contribution is 7.10. The van der Waals surface area contributed by atoms with Crippen molar-refractivity contribution in [1.29, 1.82) is 0 Å². The Balaban J connectivity index is 1.43. The molecule has 2 unspecified atom stereocenters. The minimum Gasteiger partial charge on any atom is -0.495 e. The Bertz CT molecular complexity index is 1060. The molecule has 0 radical (unpaired) electrons. The third-order valence-corrected chi connectivity index (χ3v) is 7.50. The number of hydrogen-bond donors (Lipinski definition) is 1. The quantitative estimate of drug-likeness (QED) is 0.644. The molecule has 0 bridgehead atoms. The van der Waals surface area contributed by atoms with Crippen molar-refractivity contribution >= 4 is 46.3 Å². The highest BCUT2D eigenvalue weighted by atomic mass is 35.5. The number of carbonyl (C=O) groups excluding carboxylic acids is 3. The first kappa shape index (κ1) is 23.6. The van der Waals surface area contributed by atoms with E-state index in [4.69, 9.17) is 16.3 Å². The van der Waals surface area contributed by atoms with E-state index in [1.165, 1.54) is 22.5 Å². The summed E-state index contributed by atoms with van der Waals surface area (Å²) in [7, 11) is 1.53. The zero-order chi connectivity index (χ0) is 23.5. The van der Waals surface area contributed by atoms with Gasteiger partial charge in [0.15, 0.2) is 0 Å². The summed E-state index contributed by atoms with van der Waals surface area (Å²) in [6, 6.07) is 6.53. The number of hydrogen-bond acceptors (Lipinski definition) is 5. The van der Waals surface area contributed by atoms with Crippen LogP contribution in [0.2, 0.25) is 5.02 Å². The molecular weight excluding hydrogens is 462 g/mol. The molecule has 2 aliphatic heterocycles. The van der Waals surface area contributed by atoms with E-state index in [0.29, 0.717) is 36.0 Å². The van der Waals surface area contributed by atoms with Gasteiger partial charge in [-0.3, -0.25) is 14.4 Å². The van der Waals surface area contributed by atoms with Crippen molar-refractivity contribution < 1.29 is 19.1 Å². The Morgan fingerprint density at radius 3 is 2.91 bits per heavy atom. The first-order chi connectivity index (χ1) is 15.9. The van der Waals surface area contributed by atoms with Crippen molar-refractivity contribution in [3.05, 3.63) is 45.1 Å². The molecule has 176 valence electrons. The van der Waals surface area contributed by atoms with Crippen molar-refractivity contribution in [1.82, 2.24) is 10.2 Å². The van der Waals surface area contributed by atoms with E-state index in [1.54, 1.807) is 29.5 Å². The highest BCUT2D eigenvalue weighted by Gasteiger charge is 2.38. The summed E-state index contributed by atoms with van der Waals surface area (Å²) in [5.41, 5.74) is 1.74. The molecule has 1 aromatic carbocycles. The van der Waals surface area contributed by atoms with Gasteiger partial charge in [-0.25, -0.2) is 0 Å². The van der Waals surface area contributed by atoms with Crippen molar-refractivity contribution in [2.24, 2.45) is 5.92 Å². The van der Waals surface area contributed by atoms with Crippen molar-refractivity contribution in [3.63, 3.8) is 0 Å². The second-order valence-corrected chi connectivity index (χ2v) is 9.89. The van der Waals surface area contributed by atoms with Crippen molar-refractivity contribution in [2.45, 2.75) is 45.2 Å². The van der Waals surface area contributed by atoms with Gasteiger partial charge >= 0.3 is 0 Å². The maximum absolute atomic E-state index is 13.2. The number of methoxy groups -OCH3 is 1. The molecule has 3 amide bonds. The van der Waals surface area contributed by atoms with Gasteiger partial charge in [-0.05, 0) is 48.1 Å². The molecule has 0 aliphatic carbocycles. The molecule has 0 saturated carbocycles. The van der Waals surface area contributed by atoms with Gasteiger partial charge in [-0.15, -0.1) is 11.3 Å². The summed E-state index contributed by atoms with van der Waals surface area (Å²) in [6.45, 7) is 3.45. The minimum atomic E-state index is -0.590. The number of nitrogens with one attached hydrogen (secondary N) is 1. The second-order valence-electron chi connectivity index (χ2n) is 8.45.